The molecule has 0 unspecified atom stereocenters. The number of aromatic nitrogens is 1. The third-order valence-corrected chi connectivity index (χ3v) is 1.34. The summed E-state index contributed by atoms with van der Waals surface area (Å²) >= 11 is 0. The minimum atomic E-state index is -0.330. The highest BCUT2D eigenvalue weighted by Crippen LogP contribution is 2.15. The Morgan fingerprint density at radius 3 is 2.67 bits per heavy atom. The van der Waals surface area contributed by atoms with Crippen LogP contribution in [0.3, 0.4) is 0 Å². The van der Waals surface area contributed by atoms with Crippen molar-refractivity contribution in [2.75, 3.05) is 0 Å². The van der Waals surface area contributed by atoms with Gasteiger partial charge in [0, 0.05) is 5.56 Å². The first-order valence-corrected chi connectivity index (χ1v) is 3.88. The maximum atomic E-state index is 12.6. The Bertz CT molecular complexity index is 273. The van der Waals surface area contributed by atoms with Gasteiger partial charge in [0.2, 0.25) is 5.88 Å². The van der Waals surface area contributed by atoms with Gasteiger partial charge in [-0.3, -0.25) is 0 Å². The molecular weight excluding hydrogens is 157 g/mol. The minimum absolute atomic E-state index is 0.0710. The van der Waals surface area contributed by atoms with Gasteiger partial charge in [-0.1, -0.05) is 0 Å². The molecule has 0 saturated heterocycles. The van der Waals surface area contributed by atoms with E-state index in [1.807, 2.05) is 13.8 Å². The molecule has 0 N–H and O–H groups in total. The van der Waals surface area contributed by atoms with Crippen LogP contribution in [-0.2, 0) is 0 Å². The molecule has 12 heavy (non-hydrogen) atoms. The van der Waals surface area contributed by atoms with E-state index in [2.05, 4.69) is 4.98 Å². The van der Waals surface area contributed by atoms with E-state index in [4.69, 9.17) is 4.74 Å². The first-order valence-electron chi connectivity index (χ1n) is 3.88. The summed E-state index contributed by atoms with van der Waals surface area (Å²) in [5.74, 6) is 0.176. The molecule has 0 atom stereocenters. The van der Waals surface area contributed by atoms with Gasteiger partial charge in [0.1, 0.15) is 5.82 Å². The zero-order chi connectivity index (χ0) is 9.14. The summed E-state index contributed by atoms with van der Waals surface area (Å²) in [6, 6.07) is 1.41. The molecule has 0 aromatic carbocycles. The lowest BCUT2D eigenvalue weighted by molar-refractivity contribution is 0.230. The number of hydrogen-bond donors (Lipinski definition) is 0. The summed E-state index contributed by atoms with van der Waals surface area (Å²) in [7, 11) is 0. The Hall–Kier alpha value is -1.12. The van der Waals surface area contributed by atoms with Crippen LogP contribution < -0.4 is 4.74 Å². The van der Waals surface area contributed by atoms with Crippen LogP contribution >= 0.6 is 0 Å². The van der Waals surface area contributed by atoms with Crippen molar-refractivity contribution < 1.29 is 9.13 Å². The fourth-order valence-corrected chi connectivity index (χ4v) is 0.875. The number of hydrogen-bond acceptors (Lipinski definition) is 2. The summed E-state index contributed by atoms with van der Waals surface area (Å²) in [5.41, 5.74) is 0.726. The summed E-state index contributed by atoms with van der Waals surface area (Å²) in [6.45, 7) is 5.59. The van der Waals surface area contributed by atoms with E-state index in [0.717, 1.165) is 11.8 Å². The van der Waals surface area contributed by atoms with Crippen LogP contribution in [0.15, 0.2) is 12.3 Å². The normalized spacial score (nSPS) is 10.4. The van der Waals surface area contributed by atoms with Gasteiger partial charge < -0.3 is 4.74 Å². The summed E-state index contributed by atoms with van der Waals surface area (Å²) in [6.07, 6.45) is 1.23. The number of aryl methyl sites for hydroxylation is 1. The highest BCUT2D eigenvalue weighted by Gasteiger charge is 2.03. The molecule has 3 heteroatoms. The van der Waals surface area contributed by atoms with Crippen LogP contribution in [0.25, 0.3) is 0 Å². The smallest absolute Gasteiger partial charge is 0.216 e. The molecule has 0 aliphatic carbocycles. The van der Waals surface area contributed by atoms with Gasteiger partial charge >= 0.3 is 0 Å². The van der Waals surface area contributed by atoms with Gasteiger partial charge in [-0.2, -0.15) is 0 Å². The van der Waals surface area contributed by atoms with E-state index in [9.17, 15) is 4.39 Å². The van der Waals surface area contributed by atoms with Gasteiger partial charge in [0.15, 0.2) is 0 Å². The highest BCUT2D eigenvalue weighted by molar-refractivity contribution is 5.24. The van der Waals surface area contributed by atoms with Gasteiger partial charge in [-0.25, -0.2) is 9.37 Å². The molecule has 1 aromatic rings. The Balaban J connectivity index is 2.86. The van der Waals surface area contributed by atoms with Gasteiger partial charge in [0.25, 0.3) is 0 Å². The number of halogens is 1. The first-order chi connectivity index (χ1) is 5.59. The average molecular weight is 169 g/mol. The first kappa shape index (κ1) is 8.97. The molecule has 1 aromatic heterocycles. The lowest BCUT2D eigenvalue weighted by Gasteiger charge is -2.10. The molecule has 0 amide bonds. The summed E-state index contributed by atoms with van der Waals surface area (Å²) < 4.78 is 17.9. The second kappa shape index (κ2) is 3.52. The van der Waals surface area contributed by atoms with E-state index in [-0.39, 0.29) is 11.9 Å². The fraction of sp³-hybridized carbons (Fsp3) is 0.444. The Kier molecular flexibility index (Phi) is 2.63. The van der Waals surface area contributed by atoms with E-state index < -0.39 is 0 Å². The lowest BCUT2D eigenvalue weighted by atomic mass is 10.3. The molecule has 0 fully saturated rings. The van der Waals surface area contributed by atoms with Crippen LogP contribution in [-0.4, -0.2) is 11.1 Å². The molecule has 0 radical (unpaired) electrons. The van der Waals surface area contributed by atoms with E-state index in [1.165, 1.54) is 6.07 Å². The predicted molar refractivity (Wildman–Crippen MR) is 44.7 cm³/mol. The maximum absolute atomic E-state index is 12.6. The number of ether oxygens (including phenoxy) is 1. The van der Waals surface area contributed by atoms with E-state index >= 15 is 0 Å². The fourth-order valence-electron chi connectivity index (χ4n) is 0.875. The number of pyridine rings is 1. The third kappa shape index (κ3) is 2.19. The van der Waals surface area contributed by atoms with Crippen molar-refractivity contribution in [2.24, 2.45) is 0 Å². The molecule has 0 spiro atoms. The van der Waals surface area contributed by atoms with Crippen LogP contribution in [0, 0.1) is 12.7 Å². The molecule has 0 aliphatic rings. The van der Waals surface area contributed by atoms with Crippen molar-refractivity contribution in [3.05, 3.63) is 23.6 Å². The van der Waals surface area contributed by atoms with Crippen molar-refractivity contribution in [3.63, 3.8) is 0 Å². The number of nitrogens with zero attached hydrogens (tertiary/aromatic N) is 1. The topological polar surface area (TPSA) is 22.1 Å². The molecule has 1 heterocycles. The van der Waals surface area contributed by atoms with Crippen molar-refractivity contribution in [1.82, 2.24) is 4.98 Å². The molecule has 1 rings (SSSR count). The third-order valence-electron chi connectivity index (χ3n) is 1.34. The molecule has 0 aliphatic heterocycles. The molecule has 66 valence electrons. The molecule has 2 nitrogen and oxygen atoms in total. The highest BCUT2D eigenvalue weighted by atomic mass is 19.1. The summed E-state index contributed by atoms with van der Waals surface area (Å²) in [4.78, 5) is 3.82. The quantitative estimate of drug-likeness (QED) is 0.677. The van der Waals surface area contributed by atoms with Gasteiger partial charge in [-0.15, -0.1) is 0 Å². The number of rotatable bonds is 2. The minimum Gasteiger partial charge on any atom is -0.475 e. The second-order valence-electron chi connectivity index (χ2n) is 2.94. The van der Waals surface area contributed by atoms with Crippen LogP contribution in [0.4, 0.5) is 4.39 Å². The summed E-state index contributed by atoms with van der Waals surface area (Å²) in [5, 5.41) is 0. The van der Waals surface area contributed by atoms with Gasteiger partial charge in [-0.05, 0) is 26.8 Å². The zero-order valence-corrected chi connectivity index (χ0v) is 7.47. The van der Waals surface area contributed by atoms with E-state index in [1.54, 1.807) is 6.92 Å². The van der Waals surface area contributed by atoms with Crippen LogP contribution in [0.2, 0.25) is 0 Å². The zero-order valence-electron chi connectivity index (χ0n) is 7.47. The van der Waals surface area contributed by atoms with Gasteiger partial charge in [0.05, 0.1) is 12.3 Å². The molecule has 0 bridgehead atoms. The van der Waals surface area contributed by atoms with Crippen molar-refractivity contribution in [1.29, 1.82) is 0 Å². The maximum Gasteiger partial charge on any atom is 0.216 e. The van der Waals surface area contributed by atoms with Crippen molar-refractivity contribution >= 4 is 0 Å². The Morgan fingerprint density at radius 1 is 1.50 bits per heavy atom. The predicted octanol–water partition coefficient (Wildman–Crippen LogP) is 2.32. The SMILES string of the molecule is Cc1cc(F)cnc1OC(C)C. The Labute approximate surface area is 71.4 Å². The second-order valence-corrected chi connectivity index (χ2v) is 2.94. The van der Waals surface area contributed by atoms with Crippen molar-refractivity contribution in [2.45, 2.75) is 26.9 Å². The lowest BCUT2D eigenvalue weighted by Crippen LogP contribution is -2.08. The van der Waals surface area contributed by atoms with Crippen molar-refractivity contribution in [3.8, 4) is 5.88 Å². The standard InChI is InChI=1S/C9H12FNO/c1-6(2)12-9-7(3)4-8(10)5-11-9/h4-6H,1-3H3. The monoisotopic (exact) mass is 169 g/mol. The Morgan fingerprint density at radius 2 is 2.17 bits per heavy atom. The largest absolute Gasteiger partial charge is 0.475 e. The average Bonchev–Trinajstić information content (AvgIpc) is 1.94. The molecule has 0 saturated carbocycles. The van der Waals surface area contributed by atoms with Crippen LogP contribution in [0.5, 0.6) is 5.88 Å². The molecular formula is C9H12FNO. The van der Waals surface area contributed by atoms with E-state index in [0.29, 0.717) is 5.88 Å². The van der Waals surface area contributed by atoms with Crippen LogP contribution in [0.1, 0.15) is 19.4 Å².